The van der Waals surface area contributed by atoms with E-state index in [0.717, 1.165) is 0 Å². The molecule has 0 fully saturated rings. The summed E-state index contributed by atoms with van der Waals surface area (Å²) in [5.41, 5.74) is 0. The molecule has 0 saturated heterocycles. The van der Waals surface area contributed by atoms with E-state index in [1.807, 2.05) is 0 Å². The molecule has 0 heterocycles. The Labute approximate surface area is 129 Å². The second-order valence-electron chi connectivity index (χ2n) is 0.250. The van der Waals surface area contributed by atoms with Crippen LogP contribution in [0.3, 0.4) is 0 Å². The van der Waals surface area contributed by atoms with E-state index < -0.39 is 6.16 Å². The summed E-state index contributed by atoms with van der Waals surface area (Å²) in [6, 6.07) is 0. The molecule has 0 aromatic heterocycles. The molecule has 0 atom stereocenters. The van der Waals surface area contributed by atoms with Gasteiger partial charge in [0.2, 0.25) is 0 Å². The third-order valence-electron chi connectivity index (χ3n) is 0. The zero-order valence-corrected chi connectivity index (χ0v) is 13.2. The van der Waals surface area contributed by atoms with Gasteiger partial charge in [-0.15, -0.1) is 0 Å². The van der Waals surface area contributed by atoms with Crippen molar-refractivity contribution in [3.05, 3.63) is 0 Å². The van der Waals surface area contributed by atoms with Crippen LogP contribution >= 0.6 is 0 Å². The maximum atomic E-state index is 8.33. The minimum absolute atomic E-state index is 0. The molecule has 0 unspecified atom stereocenters. The van der Waals surface area contributed by atoms with Crippen LogP contribution in [0, 0.1) is 0 Å². The average Bonchev–Trinajstić information content (AvgIpc) is 0.811. The Hall–Kier alpha value is 2.76. The molecule has 0 spiro atoms. The van der Waals surface area contributed by atoms with Crippen molar-refractivity contribution in [2.45, 2.75) is 0 Å². The molecule has 7 heavy (non-hydrogen) atoms. The first-order valence-corrected chi connectivity index (χ1v) is 0.612. The van der Waals surface area contributed by atoms with Crippen molar-refractivity contribution in [1.82, 2.24) is 0 Å². The van der Waals surface area contributed by atoms with E-state index in [-0.39, 0.29) is 111 Å². The van der Waals surface area contributed by atoms with Crippen molar-refractivity contribution in [2.75, 3.05) is 0 Å². The van der Waals surface area contributed by atoms with E-state index in [2.05, 4.69) is 0 Å². The molecule has 6 heteroatoms. The van der Waals surface area contributed by atoms with Gasteiger partial charge in [-0.2, -0.15) is 0 Å². The molecule has 0 N–H and O–H groups in total. The molecule has 32 valence electrons. The SMILES string of the molecule is O=C([O-])[O-].[Ba+2].[Ba+2].[S-2]. The summed E-state index contributed by atoms with van der Waals surface area (Å²) in [6.45, 7) is 0. The number of rotatable bonds is 0. The van der Waals surface area contributed by atoms with Crippen LogP contribution < -0.4 is 10.2 Å². The average molecular weight is 367 g/mol. The zero-order chi connectivity index (χ0) is 3.58. The molecule has 0 saturated carbocycles. The molecule has 0 aromatic rings. The molecule has 0 aromatic carbocycles. The predicted molar refractivity (Wildman–Crippen MR) is 24.3 cm³/mol. The summed E-state index contributed by atoms with van der Waals surface area (Å²) in [6.07, 6.45) is -2.33. The minimum atomic E-state index is -2.33. The normalized spacial score (nSPS) is 3.43. The monoisotopic (exact) mass is 368 g/mol. The number of hydrogen-bond acceptors (Lipinski definition) is 3. The van der Waals surface area contributed by atoms with Crippen molar-refractivity contribution in [3.8, 4) is 0 Å². The van der Waals surface area contributed by atoms with Gasteiger partial charge in [0.05, 0.1) is 0 Å². The van der Waals surface area contributed by atoms with Gasteiger partial charge in [0.25, 0.3) is 0 Å². The van der Waals surface area contributed by atoms with Crippen molar-refractivity contribution in [3.63, 3.8) is 0 Å². The second kappa shape index (κ2) is 15.9. The van der Waals surface area contributed by atoms with Gasteiger partial charge in [-0.05, 0) is 6.16 Å². The van der Waals surface area contributed by atoms with Crippen LogP contribution in [0.25, 0.3) is 0 Å². The van der Waals surface area contributed by atoms with Gasteiger partial charge < -0.3 is 28.5 Å². The minimum Gasteiger partial charge on any atom is -2.00 e. The number of hydrogen-bond donors (Lipinski definition) is 0. The van der Waals surface area contributed by atoms with Gasteiger partial charge in [-0.3, -0.25) is 0 Å². The fourth-order valence-electron chi connectivity index (χ4n) is 0. The van der Waals surface area contributed by atoms with Gasteiger partial charge in [0.15, 0.2) is 0 Å². The molecule has 0 bridgehead atoms. The van der Waals surface area contributed by atoms with Crippen molar-refractivity contribution >= 4 is 117 Å². The molecule has 0 amide bonds. The summed E-state index contributed by atoms with van der Waals surface area (Å²) < 4.78 is 0. The zero-order valence-electron chi connectivity index (χ0n) is 3.55. The second-order valence-corrected chi connectivity index (χ2v) is 0.250. The fraction of sp³-hybridized carbons (Fsp3) is 0. The van der Waals surface area contributed by atoms with Crippen LogP contribution in [-0.4, -0.2) is 104 Å². The van der Waals surface area contributed by atoms with Gasteiger partial charge in [0.1, 0.15) is 0 Å². The van der Waals surface area contributed by atoms with Gasteiger partial charge in [-0.25, -0.2) is 0 Å². The Morgan fingerprint density at radius 1 is 1.14 bits per heavy atom. The van der Waals surface area contributed by atoms with E-state index in [9.17, 15) is 0 Å². The maximum Gasteiger partial charge on any atom is 2.00 e. The van der Waals surface area contributed by atoms with Gasteiger partial charge in [-0.1, -0.05) is 0 Å². The largest absolute Gasteiger partial charge is 2.00 e. The summed E-state index contributed by atoms with van der Waals surface area (Å²) in [5.74, 6) is 0. The Kier molecular flexibility index (Phi) is 51.3. The summed E-state index contributed by atoms with van der Waals surface area (Å²) in [5, 5.41) is 16.7. The van der Waals surface area contributed by atoms with Crippen LogP contribution in [0.5, 0.6) is 0 Å². The van der Waals surface area contributed by atoms with E-state index in [1.54, 1.807) is 0 Å². The standard InChI is InChI=1S/CH2O3.2Ba.S/c2-1(3)4;;;/h(H2,2,3,4);;;/q;2*+2;-2/p-2. The smallest absolute Gasteiger partial charge is 2.00 e. The molecule has 0 aliphatic rings. The Balaban J connectivity index is -0.0000000150. The van der Waals surface area contributed by atoms with Crippen molar-refractivity contribution < 1.29 is 15.0 Å². The molecule has 3 nitrogen and oxygen atoms in total. The first kappa shape index (κ1) is 22.6. The summed E-state index contributed by atoms with van der Waals surface area (Å²) in [4.78, 5) is 8.33. The van der Waals surface area contributed by atoms with Crippen molar-refractivity contribution in [1.29, 1.82) is 0 Å². The molecule has 0 rings (SSSR count). The van der Waals surface area contributed by atoms with Crippen molar-refractivity contribution in [2.24, 2.45) is 0 Å². The third-order valence-corrected chi connectivity index (χ3v) is 0. The Bertz CT molecular complexity index is 35.9. The Morgan fingerprint density at radius 2 is 1.14 bits per heavy atom. The van der Waals surface area contributed by atoms with E-state index >= 15 is 0 Å². The summed E-state index contributed by atoms with van der Waals surface area (Å²) >= 11 is 0. The molecule has 0 aliphatic carbocycles. The van der Waals surface area contributed by atoms with Crippen LogP contribution in [0.2, 0.25) is 0 Å². The number of carboxylic acid groups (broad SMARTS) is 2. The molecule has 0 aliphatic heterocycles. The molecular weight excluding hydrogens is 367 g/mol. The maximum absolute atomic E-state index is 8.33. The van der Waals surface area contributed by atoms with Gasteiger partial charge >= 0.3 is 97.8 Å². The topological polar surface area (TPSA) is 63.2 Å². The van der Waals surface area contributed by atoms with E-state index in [1.165, 1.54) is 0 Å². The number of carbonyl (C=O) groups excluding carboxylic acids is 1. The van der Waals surface area contributed by atoms with Crippen LogP contribution in [0.1, 0.15) is 0 Å². The van der Waals surface area contributed by atoms with Gasteiger partial charge in [0, 0.05) is 0 Å². The van der Waals surface area contributed by atoms with E-state index in [0.29, 0.717) is 0 Å². The third kappa shape index (κ3) is 52.5. The summed E-state index contributed by atoms with van der Waals surface area (Å²) in [7, 11) is 0. The van der Waals surface area contributed by atoms with E-state index in [4.69, 9.17) is 15.0 Å². The molecular formula is CBa2O3S. The van der Waals surface area contributed by atoms with Crippen LogP contribution in [0.4, 0.5) is 4.79 Å². The Morgan fingerprint density at radius 3 is 1.14 bits per heavy atom. The quantitative estimate of drug-likeness (QED) is 0.424. The first-order chi connectivity index (χ1) is 1.73. The van der Waals surface area contributed by atoms with Crippen LogP contribution in [0.15, 0.2) is 0 Å². The predicted octanol–water partition coefficient (Wildman–Crippen LogP) is -3.21. The molecule has 0 radical (unpaired) electrons. The first-order valence-electron chi connectivity index (χ1n) is 0.612. The van der Waals surface area contributed by atoms with Crippen LogP contribution in [-0.2, 0) is 13.5 Å². The number of carbonyl (C=O) groups is 1. The fourth-order valence-corrected chi connectivity index (χ4v) is 0.